The molecule has 1 unspecified atom stereocenters. The first-order chi connectivity index (χ1) is 11.1. The number of halogens is 7. The fourth-order valence-corrected chi connectivity index (χ4v) is 2.41. The molecule has 0 aromatic rings. The number of hydrogen-bond acceptors (Lipinski definition) is 2. The Kier molecular flexibility index (Phi) is 8.25. The molecule has 0 amide bonds. The third-order valence-electron chi connectivity index (χ3n) is 3.89. The van der Waals surface area contributed by atoms with Crippen molar-refractivity contribution in [2.24, 2.45) is 0 Å². The number of alkyl halides is 7. The Morgan fingerprint density at radius 3 is 1.96 bits per heavy atom. The minimum atomic E-state index is -6.24. The first kappa shape index (κ1) is 21.5. The summed E-state index contributed by atoms with van der Waals surface area (Å²) in [5.41, 5.74) is 0. The van der Waals surface area contributed by atoms with Gasteiger partial charge in [-0.15, -0.1) is 0 Å². The Morgan fingerprint density at radius 1 is 0.833 bits per heavy atom. The van der Waals surface area contributed by atoms with Gasteiger partial charge in [-0.3, -0.25) is 0 Å². The van der Waals surface area contributed by atoms with Crippen LogP contribution in [0.5, 0.6) is 0 Å². The van der Waals surface area contributed by atoms with Crippen LogP contribution in [0.25, 0.3) is 0 Å². The molecule has 1 atom stereocenters. The molecule has 0 N–H and O–H groups in total. The molecule has 1 rings (SSSR count). The highest BCUT2D eigenvalue weighted by molar-refractivity contribution is 4.90. The van der Waals surface area contributed by atoms with Gasteiger partial charge in [0.05, 0.1) is 0 Å². The quantitative estimate of drug-likeness (QED) is 0.344. The molecule has 0 aromatic heterocycles. The van der Waals surface area contributed by atoms with E-state index in [1.54, 1.807) is 0 Å². The second-order valence-electron chi connectivity index (χ2n) is 5.96. The van der Waals surface area contributed by atoms with E-state index in [-0.39, 0.29) is 19.1 Å². The first-order valence-electron chi connectivity index (χ1n) is 8.13. The van der Waals surface area contributed by atoms with Gasteiger partial charge in [-0.05, 0) is 19.3 Å². The van der Waals surface area contributed by atoms with Crippen molar-refractivity contribution in [1.29, 1.82) is 0 Å². The molecule has 1 fully saturated rings. The van der Waals surface area contributed by atoms with Crippen molar-refractivity contribution in [2.75, 3.05) is 13.2 Å². The monoisotopic (exact) mass is 368 g/mol. The van der Waals surface area contributed by atoms with Crippen LogP contribution in [0.15, 0.2) is 0 Å². The molecule has 1 aliphatic rings. The van der Waals surface area contributed by atoms with Crippen molar-refractivity contribution < 1.29 is 40.2 Å². The van der Waals surface area contributed by atoms with Gasteiger partial charge in [-0.2, -0.15) is 30.7 Å². The summed E-state index contributed by atoms with van der Waals surface area (Å²) in [7, 11) is 0. The van der Waals surface area contributed by atoms with Crippen molar-refractivity contribution in [2.45, 2.75) is 82.1 Å². The first-order valence-corrected chi connectivity index (χ1v) is 8.13. The van der Waals surface area contributed by atoms with E-state index in [0.29, 0.717) is 26.1 Å². The maximum Gasteiger partial charge on any atom is 0.459 e. The topological polar surface area (TPSA) is 18.5 Å². The van der Waals surface area contributed by atoms with Crippen molar-refractivity contribution in [3.63, 3.8) is 0 Å². The second kappa shape index (κ2) is 9.22. The van der Waals surface area contributed by atoms with Gasteiger partial charge in [0.2, 0.25) is 0 Å². The zero-order valence-corrected chi connectivity index (χ0v) is 13.3. The van der Waals surface area contributed by atoms with E-state index in [4.69, 9.17) is 9.47 Å². The average Bonchev–Trinajstić information content (AvgIpc) is 2.97. The summed E-state index contributed by atoms with van der Waals surface area (Å²) in [4.78, 5) is 0. The lowest BCUT2D eigenvalue weighted by Crippen LogP contribution is -2.51. The van der Waals surface area contributed by atoms with Crippen molar-refractivity contribution >= 4 is 0 Å². The summed E-state index contributed by atoms with van der Waals surface area (Å²) >= 11 is 0. The number of hydrogen-bond donors (Lipinski definition) is 0. The molecule has 0 radical (unpaired) electrons. The molecule has 1 saturated heterocycles. The van der Waals surface area contributed by atoms with Gasteiger partial charge in [0, 0.05) is 26.1 Å². The molecule has 1 aliphatic heterocycles. The van der Waals surface area contributed by atoms with Crippen LogP contribution in [0.4, 0.5) is 30.7 Å². The molecule has 0 saturated carbocycles. The fourth-order valence-electron chi connectivity index (χ4n) is 2.41. The van der Waals surface area contributed by atoms with E-state index in [1.165, 1.54) is 0 Å². The maximum atomic E-state index is 13.0. The molecule has 0 bridgehead atoms. The van der Waals surface area contributed by atoms with Crippen LogP contribution in [0, 0.1) is 0 Å². The number of ether oxygens (including phenoxy) is 2. The predicted molar refractivity (Wildman–Crippen MR) is 73.2 cm³/mol. The van der Waals surface area contributed by atoms with Crippen LogP contribution in [0.3, 0.4) is 0 Å². The summed E-state index contributed by atoms with van der Waals surface area (Å²) in [6.07, 6.45) is -3.45. The van der Waals surface area contributed by atoms with Gasteiger partial charge in [0.25, 0.3) is 0 Å². The largest absolute Gasteiger partial charge is 0.459 e. The summed E-state index contributed by atoms with van der Waals surface area (Å²) in [6, 6.07) is 0. The molecule has 9 heteroatoms. The zero-order chi connectivity index (χ0) is 18.3. The van der Waals surface area contributed by atoms with Crippen LogP contribution < -0.4 is 0 Å². The van der Waals surface area contributed by atoms with Gasteiger partial charge < -0.3 is 9.47 Å². The average molecular weight is 368 g/mol. The Morgan fingerprint density at radius 2 is 1.42 bits per heavy atom. The van der Waals surface area contributed by atoms with E-state index in [2.05, 4.69) is 0 Å². The van der Waals surface area contributed by atoms with Gasteiger partial charge in [0.15, 0.2) is 6.29 Å². The Balaban J connectivity index is 2.04. The van der Waals surface area contributed by atoms with E-state index in [9.17, 15) is 30.7 Å². The molecule has 0 aliphatic carbocycles. The van der Waals surface area contributed by atoms with Crippen LogP contribution >= 0.6 is 0 Å². The Labute approximate surface area is 136 Å². The molecule has 24 heavy (non-hydrogen) atoms. The molecule has 2 nitrogen and oxygen atoms in total. The smallest absolute Gasteiger partial charge is 0.353 e. The lowest BCUT2D eigenvalue weighted by molar-refractivity contribution is -0.355. The van der Waals surface area contributed by atoms with Crippen molar-refractivity contribution in [3.05, 3.63) is 0 Å². The highest BCUT2D eigenvalue weighted by Gasteiger charge is 2.72. The van der Waals surface area contributed by atoms with Crippen LogP contribution in [-0.2, 0) is 9.47 Å². The third-order valence-corrected chi connectivity index (χ3v) is 3.89. The summed E-state index contributed by atoms with van der Waals surface area (Å²) in [6.45, 7) is 1.23. The predicted octanol–water partition coefficient (Wildman–Crippen LogP) is 5.70. The molecule has 1 heterocycles. The van der Waals surface area contributed by atoms with Gasteiger partial charge >= 0.3 is 18.0 Å². The summed E-state index contributed by atoms with van der Waals surface area (Å²) in [5.74, 6) is -11.1. The maximum absolute atomic E-state index is 13.0. The zero-order valence-electron chi connectivity index (χ0n) is 13.3. The minimum Gasteiger partial charge on any atom is -0.353 e. The molecule has 144 valence electrons. The Hall–Kier alpha value is -0.570. The summed E-state index contributed by atoms with van der Waals surface area (Å²) in [5, 5.41) is 0. The SMILES string of the molecule is FC(F)(F)C(F)(F)C(F)(F)CCCCCCCCOC1CCCO1. The molecular formula is C15H23F7O2. The van der Waals surface area contributed by atoms with Crippen LogP contribution in [0.2, 0.25) is 0 Å². The highest BCUT2D eigenvalue weighted by Crippen LogP contribution is 2.48. The van der Waals surface area contributed by atoms with Gasteiger partial charge in [0.1, 0.15) is 0 Å². The van der Waals surface area contributed by atoms with Crippen LogP contribution in [0.1, 0.15) is 57.8 Å². The van der Waals surface area contributed by atoms with Crippen LogP contribution in [-0.4, -0.2) is 37.5 Å². The van der Waals surface area contributed by atoms with E-state index >= 15 is 0 Å². The molecule has 0 aromatic carbocycles. The summed E-state index contributed by atoms with van der Waals surface area (Å²) < 4.78 is 97.9. The number of unbranched alkanes of at least 4 members (excludes halogenated alkanes) is 5. The van der Waals surface area contributed by atoms with Gasteiger partial charge in [-0.25, -0.2) is 0 Å². The standard InChI is InChI=1S/C15H23F7O2/c16-13(17,14(18,19)15(20,21)22)9-5-3-1-2-4-6-10-23-12-8-7-11-24-12/h12H,1-11H2. The van der Waals surface area contributed by atoms with E-state index in [1.807, 2.05) is 0 Å². The van der Waals surface area contributed by atoms with Gasteiger partial charge in [-0.1, -0.05) is 25.7 Å². The highest BCUT2D eigenvalue weighted by atomic mass is 19.4. The van der Waals surface area contributed by atoms with E-state index < -0.39 is 24.4 Å². The fraction of sp³-hybridized carbons (Fsp3) is 1.00. The lowest BCUT2D eigenvalue weighted by atomic mass is 10.0. The van der Waals surface area contributed by atoms with E-state index in [0.717, 1.165) is 25.7 Å². The molecule has 0 spiro atoms. The Bertz CT molecular complexity index is 352. The second-order valence-corrected chi connectivity index (χ2v) is 5.96. The molecular weight excluding hydrogens is 345 g/mol. The van der Waals surface area contributed by atoms with Crippen molar-refractivity contribution in [1.82, 2.24) is 0 Å². The normalized spacial score (nSPS) is 19.9. The number of rotatable bonds is 11. The van der Waals surface area contributed by atoms with Crippen molar-refractivity contribution in [3.8, 4) is 0 Å². The lowest BCUT2D eigenvalue weighted by Gasteiger charge is -2.28. The third kappa shape index (κ3) is 6.38. The minimum absolute atomic E-state index is 0.150.